The Kier molecular flexibility index (Phi) is 4.84. The highest BCUT2D eigenvalue weighted by Gasteiger charge is 2.54. The summed E-state index contributed by atoms with van der Waals surface area (Å²) in [6.07, 6.45) is 0.886. The first-order chi connectivity index (χ1) is 15.5. The van der Waals surface area contributed by atoms with Crippen LogP contribution >= 0.6 is 0 Å². The standard InChI is InChI=1S/C24H23N5O3/c1-4-16-7-11-18(12-8-16)29-23(30)20-21(24(29)31)28(27-26-20)13-19-15(3)32-22(25-19)17-9-5-14(2)6-10-17/h5-12,20-21H,4,13H2,1-3H3/t20-,21-/m0/s1. The smallest absolute Gasteiger partial charge is 0.263 e. The fraction of sp³-hybridized carbons (Fsp3) is 0.292. The summed E-state index contributed by atoms with van der Waals surface area (Å²) < 4.78 is 5.85. The van der Waals surface area contributed by atoms with Crippen molar-refractivity contribution < 1.29 is 14.0 Å². The lowest BCUT2D eigenvalue weighted by molar-refractivity contribution is -0.123. The molecule has 8 heteroatoms. The number of imide groups is 1. The number of carbonyl (C=O) groups excluding carboxylic acids is 2. The number of aromatic nitrogens is 1. The molecule has 2 aliphatic heterocycles. The van der Waals surface area contributed by atoms with E-state index < -0.39 is 12.1 Å². The number of rotatable bonds is 5. The quantitative estimate of drug-likeness (QED) is 0.572. The van der Waals surface area contributed by atoms with Gasteiger partial charge in [-0.2, -0.15) is 5.11 Å². The molecular formula is C24H23N5O3. The maximum Gasteiger partial charge on any atom is 0.263 e. The van der Waals surface area contributed by atoms with Gasteiger partial charge in [0.25, 0.3) is 11.8 Å². The molecule has 0 bridgehead atoms. The van der Waals surface area contributed by atoms with Crippen LogP contribution in [0.1, 0.15) is 29.5 Å². The first-order valence-corrected chi connectivity index (χ1v) is 10.6. The molecule has 2 aromatic carbocycles. The Bertz CT molecular complexity index is 1210. The maximum absolute atomic E-state index is 13.2. The Morgan fingerprint density at radius 2 is 1.69 bits per heavy atom. The van der Waals surface area contributed by atoms with Gasteiger partial charge in [-0.1, -0.05) is 42.0 Å². The highest BCUT2D eigenvalue weighted by atomic mass is 16.4. The summed E-state index contributed by atoms with van der Waals surface area (Å²) in [6, 6.07) is 13.7. The van der Waals surface area contributed by atoms with Crippen molar-refractivity contribution in [2.45, 2.75) is 45.8 Å². The number of benzene rings is 2. The summed E-state index contributed by atoms with van der Waals surface area (Å²) in [5.74, 6) is 0.474. The second-order valence-electron chi connectivity index (χ2n) is 8.11. The number of oxazole rings is 1. The average Bonchev–Trinajstić information content (AvgIpc) is 3.45. The second-order valence-corrected chi connectivity index (χ2v) is 8.11. The Morgan fingerprint density at radius 1 is 0.969 bits per heavy atom. The maximum atomic E-state index is 13.2. The van der Waals surface area contributed by atoms with Gasteiger partial charge >= 0.3 is 0 Å². The van der Waals surface area contributed by atoms with Crippen molar-refractivity contribution in [2.75, 3.05) is 4.90 Å². The third-order valence-electron chi connectivity index (χ3n) is 5.96. The third-order valence-corrected chi connectivity index (χ3v) is 5.96. The largest absolute Gasteiger partial charge is 0.441 e. The molecular weight excluding hydrogens is 406 g/mol. The zero-order valence-corrected chi connectivity index (χ0v) is 18.1. The van der Waals surface area contributed by atoms with E-state index >= 15 is 0 Å². The lowest BCUT2D eigenvalue weighted by atomic mass is 10.1. The van der Waals surface area contributed by atoms with E-state index in [9.17, 15) is 9.59 Å². The molecule has 0 unspecified atom stereocenters. The number of anilines is 1. The van der Waals surface area contributed by atoms with Gasteiger partial charge in [0.1, 0.15) is 11.5 Å². The van der Waals surface area contributed by atoms with Crippen LogP contribution in [0.5, 0.6) is 0 Å². The number of nitrogens with zero attached hydrogens (tertiary/aromatic N) is 5. The normalized spacial score (nSPS) is 19.8. The molecule has 8 nitrogen and oxygen atoms in total. The number of fused-ring (bicyclic) bond motifs is 1. The monoisotopic (exact) mass is 429 g/mol. The Labute approximate surface area is 185 Å². The fourth-order valence-electron chi connectivity index (χ4n) is 4.04. The Hall–Kier alpha value is -3.81. The molecule has 1 fully saturated rings. The Morgan fingerprint density at radius 3 is 2.38 bits per heavy atom. The summed E-state index contributed by atoms with van der Waals surface area (Å²) in [7, 11) is 0. The first kappa shape index (κ1) is 20.1. The highest BCUT2D eigenvalue weighted by molar-refractivity contribution is 6.25. The summed E-state index contributed by atoms with van der Waals surface area (Å²) >= 11 is 0. The van der Waals surface area contributed by atoms with Crippen molar-refractivity contribution in [3.05, 3.63) is 71.1 Å². The second kappa shape index (κ2) is 7.71. The van der Waals surface area contributed by atoms with E-state index in [-0.39, 0.29) is 18.4 Å². The molecule has 1 saturated heterocycles. The number of amides is 2. The predicted octanol–water partition coefficient (Wildman–Crippen LogP) is 4.01. The van der Waals surface area contributed by atoms with E-state index in [0.29, 0.717) is 23.0 Å². The van der Waals surface area contributed by atoms with E-state index in [1.165, 1.54) is 9.91 Å². The molecule has 0 aliphatic carbocycles. The molecule has 2 atom stereocenters. The van der Waals surface area contributed by atoms with Crippen LogP contribution < -0.4 is 4.90 Å². The van der Waals surface area contributed by atoms with Crippen molar-refractivity contribution >= 4 is 17.5 Å². The zero-order valence-electron chi connectivity index (χ0n) is 18.1. The molecule has 1 aromatic heterocycles. The molecule has 0 radical (unpaired) electrons. The van der Waals surface area contributed by atoms with Crippen LogP contribution in [0, 0.1) is 13.8 Å². The number of hydrogen-bond acceptors (Lipinski definition) is 7. The van der Waals surface area contributed by atoms with Crippen molar-refractivity contribution in [1.82, 2.24) is 9.99 Å². The third kappa shape index (κ3) is 3.28. The van der Waals surface area contributed by atoms with Gasteiger partial charge < -0.3 is 4.42 Å². The van der Waals surface area contributed by atoms with E-state index in [0.717, 1.165) is 23.1 Å². The average molecular weight is 429 g/mol. The minimum absolute atomic E-state index is 0.230. The van der Waals surface area contributed by atoms with Crippen LogP contribution in [0.3, 0.4) is 0 Å². The lowest BCUT2D eigenvalue weighted by Crippen LogP contribution is -2.39. The van der Waals surface area contributed by atoms with Gasteiger partial charge in [0.2, 0.25) is 5.89 Å². The van der Waals surface area contributed by atoms with Crippen LogP contribution in [-0.4, -0.2) is 33.9 Å². The molecule has 32 heavy (non-hydrogen) atoms. The molecule has 2 amide bonds. The van der Waals surface area contributed by atoms with Gasteiger partial charge in [-0.05, 0) is 50.1 Å². The molecule has 0 spiro atoms. The molecule has 162 valence electrons. The van der Waals surface area contributed by atoms with Gasteiger partial charge in [0, 0.05) is 5.56 Å². The summed E-state index contributed by atoms with van der Waals surface area (Å²) in [5, 5.41) is 9.75. The summed E-state index contributed by atoms with van der Waals surface area (Å²) in [4.78, 5) is 31.9. The predicted molar refractivity (Wildman–Crippen MR) is 118 cm³/mol. The molecule has 0 N–H and O–H groups in total. The van der Waals surface area contributed by atoms with Crippen molar-refractivity contribution in [3.63, 3.8) is 0 Å². The van der Waals surface area contributed by atoms with Crippen LogP contribution in [0.25, 0.3) is 11.5 Å². The fourth-order valence-corrected chi connectivity index (χ4v) is 4.04. The van der Waals surface area contributed by atoms with Gasteiger partial charge in [0.05, 0.1) is 12.2 Å². The SMILES string of the molecule is CCc1ccc(N2C(=O)[C@H]3N=NN(Cc4nc(-c5ccc(C)cc5)oc4C)[C@@H]3C2=O)cc1. The van der Waals surface area contributed by atoms with E-state index in [1.54, 1.807) is 12.1 Å². The topological polar surface area (TPSA) is 91.4 Å². The number of carbonyl (C=O) groups is 2. The summed E-state index contributed by atoms with van der Waals surface area (Å²) in [6.45, 7) is 6.13. The van der Waals surface area contributed by atoms with Crippen LogP contribution in [-0.2, 0) is 22.6 Å². The van der Waals surface area contributed by atoms with E-state index in [4.69, 9.17) is 4.42 Å². The summed E-state index contributed by atoms with van der Waals surface area (Å²) in [5.41, 5.74) is 4.38. The van der Waals surface area contributed by atoms with Crippen molar-refractivity contribution in [2.24, 2.45) is 10.3 Å². The van der Waals surface area contributed by atoms with Gasteiger partial charge in [-0.3, -0.25) is 14.6 Å². The minimum atomic E-state index is -0.836. The molecule has 0 saturated carbocycles. The van der Waals surface area contributed by atoms with Crippen LogP contribution in [0.15, 0.2) is 63.3 Å². The zero-order chi connectivity index (χ0) is 22.4. The Balaban J connectivity index is 1.38. The van der Waals surface area contributed by atoms with Crippen LogP contribution in [0.4, 0.5) is 5.69 Å². The molecule has 5 rings (SSSR count). The molecule has 2 aliphatic rings. The number of hydrogen-bond donors (Lipinski definition) is 0. The van der Waals surface area contributed by atoms with Gasteiger partial charge in [-0.25, -0.2) is 9.88 Å². The van der Waals surface area contributed by atoms with Crippen LogP contribution in [0.2, 0.25) is 0 Å². The first-order valence-electron chi connectivity index (χ1n) is 10.6. The molecule has 3 aromatic rings. The lowest BCUT2D eigenvalue weighted by Gasteiger charge is -2.20. The molecule has 3 heterocycles. The van der Waals surface area contributed by atoms with Crippen molar-refractivity contribution in [3.8, 4) is 11.5 Å². The van der Waals surface area contributed by atoms with E-state index in [2.05, 4.69) is 22.2 Å². The van der Waals surface area contributed by atoms with Crippen molar-refractivity contribution in [1.29, 1.82) is 0 Å². The highest BCUT2D eigenvalue weighted by Crippen LogP contribution is 2.33. The number of aryl methyl sites for hydroxylation is 3. The van der Waals surface area contributed by atoms with Gasteiger partial charge in [-0.15, -0.1) is 0 Å². The van der Waals surface area contributed by atoms with E-state index in [1.807, 2.05) is 50.2 Å². The van der Waals surface area contributed by atoms with Gasteiger partial charge in [0.15, 0.2) is 12.1 Å². The minimum Gasteiger partial charge on any atom is -0.441 e.